The predicted octanol–water partition coefficient (Wildman–Crippen LogP) is 3.30. The molecular weight excluding hydrogens is 262 g/mol. The zero-order valence-corrected chi connectivity index (χ0v) is 12.5. The van der Waals surface area contributed by atoms with Crippen molar-refractivity contribution >= 4 is 17.7 Å². The number of furan rings is 1. The summed E-state index contributed by atoms with van der Waals surface area (Å²) in [6, 6.07) is 1.60. The highest BCUT2D eigenvalue weighted by atomic mass is 32.2. The van der Waals surface area contributed by atoms with Crippen LogP contribution < -0.4 is 5.32 Å². The van der Waals surface area contributed by atoms with E-state index in [4.69, 9.17) is 9.52 Å². The third-order valence-electron chi connectivity index (χ3n) is 3.00. The number of unbranched alkanes of at least 4 members (excludes halogenated alkanes) is 3. The summed E-state index contributed by atoms with van der Waals surface area (Å²) in [6.07, 6.45) is 7.13. The summed E-state index contributed by atoms with van der Waals surface area (Å²) in [7, 11) is 0. The molecule has 19 heavy (non-hydrogen) atoms. The lowest BCUT2D eigenvalue weighted by molar-refractivity contribution is 0.0661. The van der Waals surface area contributed by atoms with Crippen molar-refractivity contribution < 1.29 is 14.3 Å². The number of rotatable bonds is 10. The van der Waals surface area contributed by atoms with Crippen LogP contribution in [0, 0.1) is 6.92 Å². The fourth-order valence-corrected chi connectivity index (χ4v) is 2.37. The fraction of sp³-hybridized carbons (Fsp3) is 0.643. The molecule has 0 aliphatic carbocycles. The summed E-state index contributed by atoms with van der Waals surface area (Å²) in [5.74, 6) is 0.943. The molecule has 1 rings (SSSR count). The molecule has 0 atom stereocenters. The molecule has 5 heteroatoms. The molecule has 0 saturated carbocycles. The summed E-state index contributed by atoms with van der Waals surface area (Å²) >= 11 is 1.90. The van der Waals surface area contributed by atoms with Crippen molar-refractivity contribution in [1.29, 1.82) is 0 Å². The van der Waals surface area contributed by atoms with Gasteiger partial charge < -0.3 is 14.8 Å². The molecule has 1 aromatic heterocycles. The molecule has 0 saturated heterocycles. The third-order valence-corrected chi connectivity index (χ3v) is 3.70. The van der Waals surface area contributed by atoms with Crippen LogP contribution in [0.25, 0.3) is 0 Å². The van der Waals surface area contributed by atoms with Gasteiger partial charge in [0, 0.05) is 12.1 Å². The molecule has 0 unspecified atom stereocenters. The van der Waals surface area contributed by atoms with Crippen LogP contribution in [-0.2, 0) is 6.54 Å². The van der Waals surface area contributed by atoms with Crippen LogP contribution in [-0.4, -0.2) is 29.6 Å². The minimum Gasteiger partial charge on any atom is -0.475 e. The molecule has 4 nitrogen and oxygen atoms in total. The van der Waals surface area contributed by atoms with Gasteiger partial charge in [0.2, 0.25) is 5.76 Å². The zero-order valence-electron chi connectivity index (χ0n) is 11.7. The second-order valence-electron chi connectivity index (χ2n) is 4.58. The van der Waals surface area contributed by atoms with E-state index in [1.54, 1.807) is 13.0 Å². The fourth-order valence-electron chi connectivity index (χ4n) is 1.87. The van der Waals surface area contributed by atoms with Crippen molar-refractivity contribution in [3.05, 3.63) is 23.2 Å². The average Bonchev–Trinajstić information content (AvgIpc) is 2.74. The second kappa shape index (κ2) is 9.04. The highest BCUT2D eigenvalue weighted by Crippen LogP contribution is 2.14. The number of hydrogen-bond acceptors (Lipinski definition) is 4. The van der Waals surface area contributed by atoms with Crippen LogP contribution in [0.1, 0.15) is 47.6 Å². The molecule has 0 aliphatic rings. The van der Waals surface area contributed by atoms with Crippen LogP contribution >= 0.6 is 11.8 Å². The Morgan fingerprint density at radius 2 is 2.11 bits per heavy atom. The van der Waals surface area contributed by atoms with E-state index in [0.29, 0.717) is 12.3 Å². The highest BCUT2D eigenvalue weighted by Gasteiger charge is 2.12. The minimum absolute atomic E-state index is 0.0198. The Bertz CT molecular complexity index is 390. The van der Waals surface area contributed by atoms with Gasteiger partial charge in [0.05, 0.1) is 0 Å². The van der Waals surface area contributed by atoms with Gasteiger partial charge >= 0.3 is 5.97 Å². The number of aromatic carboxylic acids is 1. The van der Waals surface area contributed by atoms with Crippen LogP contribution in [0.15, 0.2) is 10.5 Å². The van der Waals surface area contributed by atoms with E-state index < -0.39 is 5.97 Å². The molecule has 0 amide bonds. The predicted molar refractivity (Wildman–Crippen MR) is 79.0 cm³/mol. The van der Waals surface area contributed by atoms with Crippen molar-refractivity contribution in [2.24, 2.45) is 0 Å². The first kappa shape index (κ1) is 16.1. The molecular formula is C14H23NO3S. The van der Waals surface area contributed by atoms with Crippen LogP contribution in [0.5, 0.6) is 0 Å². The smallest absolute Gasteiger partial charge is 0.371 e. The normalized spacial score (nSPS) is 10.8. The lowest BCUT2D eigenvalue weighted by atomic mass is 10.2. The first-order chi connectivity index (χ1) is 9.15. The van der Waals surface area contributed by atoms with Crippen molar-refractivity contribution in [2.45, 2.75) is 39.2 Å². The summed E-state index contributed by atoms with van der Waals surface area (Å²) < 4.78 is 5.16. The van der Waals surface area contributed by atoms with E-state index in [1.807, 2.05) is 11.8 Å². The first-order valence-corrected chi connectivity index (χ1v) is 8.06. The molecule has 0 radical (unpaired) electrons. The van der Waals surface area contributed by atoms with E-state index in [2.05, 4.69) is 11.6 Å². The van der Waals surface area contributed by atoms with Gasteiger partial charge in [-0.2, -0.15) is 11.8 Å². The summed E-state index contributed by atoms with van der Waals surface area (Å²) in [5, 5.41) is 12.1. The number of carboxylic acids is 1. The topological polar surface area (TPSA) is 62.5 Å². The molecule has 0 spiro atoms. The van der Waals surface area contributed by atoms with Crippen molar-refractivity contribution in [2.75, 3.05) is 18.6 Å². The maximum atomic E-state index is 10.8. The summed E-state index contributed by atoms with van der Waals surface area (Å²) in [4.78, 5) is 10.8. The SMILES string of the molecule is CSCCCCCCNCc1cc(C(=O)O)oc1C. The van der Waals surface area contributed by atoms with Gasteiger partial charge in [-0.25, -0.2) is 4.79 Å². The third kappa shape index (κ3) is 6.16. The van der Waals surface area contributed by atoms with Crippen molar-refractivity contribution in [1.82, 2.24) is 5.32 Å². The second-order valence-corrected chi connectivity index (χ2v) is 5.57. The van der Waals surface area contributed by atoms with Crippen LogP contribution in [0.4, 0.5) is 0 Å². The quantitative estimate of drug-likeness (QED) is 0.646. The van der Waals surface area contributed by atoms with Gasteiger partial charge in [-0.05, 0) is 44.4 Å². The number of aryl methyl sites for hydroxylation is 1. The molecule has 1 heterocycles. The van der Waals surface area contributed by atoms with E-state index in [-0.39, 0.29) is 5.76 Å². The van der Waals surface area contributed by atoms with Crippen molar-refractivity contribution in [3.63, 3.8) is 0 Å². The number of thioether (sulfide) groups is 1. The maximum absolute atomic E-state index is 10.8. The van der Waals surface area contributed by atoms with Gasteiger partial charge in [0.15, 0.2) is 0 Å². The monoisotopic (exact) mass is 285 g/mol. The first-order valence-electron chi connectivity index (χ1n) is 6.67. The van der Waals surface area contributed by atoms with Gasteiger partial charge in [-0.15, -0.1) is 0 Å². The van der Waals surface area contributed by atoms with E-state index in [1.165, 1.54) is 25.0 Å². The molecule has 108 valence electrons. The lowest BCUT2D eigenvalue weighted by Crippen LogP contribution is -2.14. The Hall–Kier alpha value is -0.940. The van der Waals surface area contributed by atoms with E-state index in [9.17, 15) is 4.79 Å². The highest BCUT2D eigenvalue weighted by molar-refractivity contribution is 7.98. The van der Waals surface area contributed by atoms with Crippen LogP contribution in [0.2, 0.25) is 0 Å². The maximum Gasteiger partial charge on any atom is 0.371 e. The zero-order chi connectivity index (χ0) is 14.1. The van der Waals surface area contributed by atoms with Gasteiger partial charge in [0.25, 0.3) is 0 Å². The van der Waals surface area contributed by atoms with Crippen molar-refractivity contribution in [3.8, 4) is 0 Å². The average molecular weight is 285 g/mol. The number of hydrogen-bond donors (Lipinski definition) is 2. The van der Waals surface area contributed by atoms with Gasteiger partial charge in [-0.1, -0.05) is 12.8 Å². The number of carbonyl (C=O) groups is 1. The summed E-state index contributed by atoms with van der Waals surface area (Å²) in [5.41, 5.74) is 0.930. The Labute approximate surface area is 119 Å². The Balaban J connectivity index is 2.14. The van der Waals surface area contributed by atoms with Gasteiger partial charge in [0.1, 0.15) is 5.76 Å². The molecule has 0 aromatic carbocycles. The standard InChI is InChI=1S/C14H23NO3S/c1-11-12(9-13(18-11)14(16)17)10-15-7-5-3-4-6-8-19-2/h9,15H,3-8,10H2,1-2H3,(H,16,17). The molecule has 0 bridgehead atoms. The van der Waals surface area contributed by atoms with Crippen LogP contribution in [0.3, 0.4) is 0 Å². The number of nitrogens with one attached hydrogen (secondary N) is 1. The van der Waals surface area contributed by atoms with Gasteiger partial charge in [-0.3, -0.25) is 0 Å². The number of carboxylic acid groups (broad SMARTS) is 1. The largest absolute Gasteiger partial charge is 0.475 e. The molecule has 0 aliphatic heterocycles. The Morgan fingerprint density at radius 3 is 2.74 bits per heavy atom. The molecule has 2 N–H and O–H groups in total. The molecule has 0 fully saturated rings. The minimum atomic E-state index is -1.01. The Morgan fingerprint density at radius 1 is 1.37 bits per heavy atom. The Kier molecular flexibility index (Phi) is 7.67. The van der Waals surface area contributed by atoms with E-state index >= 15 is 0 Å². The summed E-state index contributed by atoms with van der Waals surface area (Å²) in [6.45, 7) is 3.44. The lowest BCUT2D eigenvalue weighted by Gasteiger charge is -2.03. The van der Waals surface area contributed by atoms with E-state index in [0.717, 1.165) is 18.5 Å². The molecule has 1 aromatic rings.